The van der Waals surface area contributed by atoms with E-state index in [0.717, 1.165) is 18.4 Å². The number of aryl methyl sites for hydroxylation is 1. The molecule has 0 spiro atoms. The van der Waals surface area contributed by atoms with Gasteiger partial charge < -0.3 is 4.90 Å². The highest BCUT2D eigenvalue weighted by molar-refractivity contribution is 6.17. The molecule has 110 valence electrons. The van der Waals surface area contributed by atoms with Crippen LogP contribution in [-0.2, 0) is 12.3 Å². The second-order valence-corrected chi connectivity index (χ2v) is 6.53. The fraction of sp³-hybridized carbons (Fsp3) is 0.706. The van der Waals surface area contributed by atoms with Crippen molar-refractivity contribution in [3.8, 4) is 0 Å². The van der Waals surface area contributed by atoms with Crippen molar-refractivity contribution >= 4 is 17.4 Å². The maximum absolute atomic E-state index is 6.06. The van der Waals surface area contributed by atoms with Crippen LogP contribution in [0.1, 0.15) is 56.7 Å². The number of anilines is 1. The Bertz CT molecular complexity index is 436. The molecule has 0 amide bonds. The molecule has 3 heteroatoms. The zero-order valence-electron chi connectivity index (χ0n) is 12.4. The second kappa shape index (κ2) is 6.34. The van der Waals surface area contributed by atoms with Gasteiger partial charge in [0.2, 0.25) is 0 Å². The summed E-state index contributed by atoms with van der Waals surface area (Å²) in [7, 11) is 0. The molecular formula is C17H25ClN2. The number of aromatic nitrogens is 1. The molecule has 3 rings (SSSR count). The van der Waals surface area contributed by atoms with Crippen LogP contribution in [0.15, 0.2) is 12.1 Å². The molecule has 2 heterocycles. The number of halogens is 1. The molecule has 0 radical (unpaired) electrons. The van der Waals surface area contributed by atoms with Crippen molar-refractivity contribution in [1.29, 1.82) is 0 Å². The SMILES string of the molecule is CCc1cc(CCl)cc(N2CCCC3CCCCC32)n1. The van der Waals surface area contributed by atoms with Crippen molar-refractivity contribution in [2.75, 3.05) is 11.4 Å². The van der Waals surface area contributed by atoms with E-state index in [1.807, 2.05) is 0 Å². The van der Waals surface area contributed by atoms with Crippen LogP contribution in [0.25, 0.3) is 0 Å². The molecule has 2 aliphatic rings. The predicted molar refractivity (Wildman–Crippen MR) is 85.5 cm³/mol. The summed E-state index contributed by atoms with van der Waals surface area (Å²) in [5.41, 5.74) is 2.39. The average molecular weight is 293 g/mol. The van der Waals surface area contributed by atoms with Gasteiger partial charge in [0.05, 0.1) is 0 Å². The lowest BCUT2D eigenvalue weighted by Gasteiger charge is -2.45. The molecule has 0 aromatic carbocycles. The van der Waals surface area contributed by atoms with Gasteiger partial charge in [-0.15, -0.1) is 11.6 Å². The Kier molecular flexibility index (Phi) is 4.50. The van der Waals surface area contributed by atoms with Crippen molar-refractivity contribution in [3.63, 3.8) is 0 Å². The molecule has 1 aliphatic carbocycles. The van der Waals surface area contributed by atoms with Crippen LogP contribution in [0.3, 0.4) is 0 Å². The summed E-state index contributed by atoms with van der Waals surface area (Å²) in [6, 6.07) is 5.09. The fourth-order valence-electron chi connectivity index (χ4n) is 3.95. The first-order chi connectivity index (χ1) is 9.81. The van der Waals surface area contributed by atoms with Crippen molar-refractivity contribution in [1.82, 2.24) is 4.98 Å². The molecule has 1 aromatic heterocycles. The number of rotatable bonds is 3. The Labute approximate surface area is 127 Å². The summed E-state index contributed by atoms with van der Waals surface area (Å²) in [5, 5.41) is 0. The molecule has 2 unspecified atom stereocenters. The minimum absolute atomic E-state index is 0.588. The quantitative estimate of drug-likeness (QED) is 0.760. The molecule has 2 nitrogen and oxygen atoms in total. The first-order valence-corrected chi connectivity index (χ1v) is 8.67. The van der Waals surface area contributed by atoms with Gasteiger partial charge in [-0.05, 0) is 55.7 Å². The molecule has 1 aromatic rings. The lowest BCUT2D eigenvalue weighted by Crippen LogP contribution is -2.47. The molecule has 2 fully saturated rings. The highest BCUT2D eigenvalue weighted by Gasteiger charge is 2.33. The summed E-state index contributed by atoms with van der Waals surface area (Å²) in [6.45, 7) is 3.34. The molecular weight excluding hydrogens is 268 g/mol. The van der Waals surface area contributed by atoms with Gasteiger partial charge in [-0.1, -0.05) is 19.8 Å². The number of alkyl halides is 1. The van der Waals surface area contributed by atoms with Crippen molar-refractivity contribution < 1.29 is 0 Å². The van der Waals surface area contributed by atoms with E-state index in [1.165, 1.54) is 62.1 Å². The first-order valence-electron chi connectivity index (χ1n) is 8.14. The van der Waals surface area contributed by atoms with Crippen molar-refractivity contribution in [3.05, 3.63) is 23.4 Å². The van der Waals surface area contributed by atoms with Crippen LogP contribution in [-0.4, -0.2) is 17.6 Å². The lowest BCUT2D eigenvalue weighted by molar-refractivity contribution is 0.242. The van der Waals surface area contributed by atoms with Crippen LogP contribution in [0.2, 0.25) is 0 Å². The van der Waals surface area contributed by atoms with E-state index in [-0.39, 0.29) is 0 Å². The molecule has 20 heavy (non-hydrogen) atoms. The van der Waals surface area contributed by atoms with E-state index < -0.39 is 0 Å². The third-order valence-corrected chi connectivity index (χ3v) is 5.29. The number of fused-ring (bicyclic) bond motifs is 1. The van der Waals surface area contributed by atoms with Gasteiger partial charge in [0.15, 0.2) is 0 Å². The topological polar surface area (TPSA) is 16.1 Å². The van der Waals surface area contributed by atoms with Crippen LogP contribution in [0.4, 0.5) is 5.82 Å². The van der Waals surface area contributed by atoms with Crippen molar-refractivity contribution in [2.45, 2.75) is 63.8 Å². The van der Waals surface area contributed by atoms with Gasteiger partial charge in [-0.25, -0.2) is 4.98 Å². The minimum Gasteiger partial charge on any atom is -0.353 e. The summed E-state index contributed by atoms with van der Waals surface area (Å²) in [6.07, 6.45) is 9.28. The minimum atomic E-state index is 0.588. The largest absolute Gasteiger partial charge is 0.353 e. The van der Waals surface area contributed by atoms with E-state index in [0.29, 0.717) is 5.88 Å². The molecule has 0 N–H and O–H groups in total. The Hall–Kier alpha value is -0.760. The Morgan fingerprint density at radius 1 is 1.20 bits per heavy atom. The Morgan fingerprint density at radius 2 is 2.00 bits per heavy atom. The van der Waals surface area contributed by atoms with Gasteiger partial charge in [0.1, 0.15) is 5.82 Å². The van der Waals surface area contributed by atoms with E-state index >= 15 is 0 Å². The maximum atomic E-state index is 6.06. The van der Waals surface area contributed by atoms with Gasteiger partial charge in [-0.2, -0.15) is 0 Å². The molecule has 2 atom stereocenters. The van der Waals surface area contributed by atoms with Gasteiger partial charge in [0.25, 0.3) is 0 Å². The van der Waals surface area contributed by atoms with E-state index in [4.69, 9.17) is 16.6 Å². The molecule has 1 saturated carbocycles. The van der Waals surface area contributed by atoms with Crippen molar-refractivity contribution in [2.24, 2.45) is 5.92 Å². The van der Waals surface area contributed by atoms with E-state index in [2.05, 4.69) is 24.0 Å². The predicted octanol–water partition coefficient (Wildman–Crippen LogP) is 4.54. The van der Waals surface area contributed by atoms with Gasteiger partial charge >= 0.3 is 0 Å². The second-order valence-electron chi connectivity index (χ2n) is 6.26. The number of pyridine rings is 1. The van der Waals surface area contributed by atoms with Gasteiger partial charge in [-0.3, -0.25) is 0 Å². The number of hydrogen-bond acceptors (Lipinski definition) is 2. The van der Waals surface area contributed by atoms with Crippen LogP contribution < -0.4 is 4.90 Å². The molecule has 1 aliphatic heterocycles. The Morgan fingerprint density at radius 3 is 2.80 bits per heavy atom. The summed E-state index contributed by atoms with van der Waals surface area (Å²) in [4.78, 5) is 7.47. The highest BCUT2D eigenvalue weighted by Crippen LogP contribution is 2.37. The zero-order valence-corrected chi connectivity index (χ0v) is 13.2. The molecule has 1 saturated heterocycles. The summed E-state index contributed by atoms with van der Waals surface area (Å²) in [5.74, 6) is 2.66. The first kappa shape index (κ1) is 14.2. The van der Waals surface area contributed by atoms with Crippen LogP contribution >= 0.6 is 11.6 Å². The average Bonchev–Trinajstić information content (AvgIpc) is 2.53. The van der Waals surface area contributed by atoms with Gasteiger partial charge in [0, 0.05) is 24.2 Å². The standard InChI is InChI=1S/C17H25ClN2/c1-2-15-10-13(12-18)11-17(19-15)20-9-5-7-14-6-3-4-8-16(14)20/h10-11,14,16H,2-9,12H2,1H3. The lowest BCUT2D eigenvalue weighted by atomic mass is 9.78. The van der Waals surface area contributed by atoms with Crippen LogP contribution in [0, 0.1) is 5.92 Å². The zero-order chi connectivity index (χ0) is 13.9. The maximum Gasteiger partial charge on any atom is 0.129 e. The normalized spacial score (nSPS) is 26.4. The monoisotopic (exact) mass is 292 g/mol. The van der Waals surface area contributed by atoms with Crippen LogP contribution in [0.5, 0.6) is 0 Å². The Balaban J connectivity index is 1.90. The van der Waals surface area contributed by atoms with E-state index in [9.17, 15) is 0 Å². The number of piperidine rings is 1. The highest BCUT2D eigenvalue weighted by atomic mass is 35.5. The number of nitrogens with zero attached hydrogens (tertiary/aromatic N) is 2. The third-order valence-electron chi connectivity index (χ3n) is 4.98. The summed E-state index contributed by atoms with van der Waals surface area (Å²) >= 11 is 6.06. The fourth-order valence-corrected chi connectivity index (χ4v) is 4.10. The number of hydrogen-bond donors (Lipinski definition) is 0. The molecule has 0 bridgehead atoms. The van der Waals surface area contributed by atoms with E-state index in [1.54, 1.807) is 0 Å². The smallest absolute Gasteiger partial charge is 0.129 e. The summed E-state index contributed by atoms with van der Waals surface area (Å²) < 4.78 is 0. The third kappa shape index (κ3) is 2.81.